The molecule has 0 fully saturated rings. The Morgan fingerprint density at radius 3 is 2.30 bits per heavy atom. The molecule has 0 aliphatic heterocycles. The molecule has 1 aromatic rings. The fraction of sp³-hybridized carbons (Fsp3) is 0.400. The van der Waals surface area contributed by atoms with Gasteiger partial charge in [0.05, 0.1) is 7.11 Å². The highest BCUT2D eigenvalue weighted by molar-refractivity contribution is 14.1. The van der Waals surface area contributed by atoms with Gasteiger partial charge in [-0.15, -0.1) is 0 Å². The molecule has 3 nitrogen and oxygen atoms in total. The fourth-order valence-electron chi connectivity index (χ4n) is 0.622. The Hall–Kier alpha value is 0.470. The topological polar surface area (TPSA) is 27.1 Å². The van der Waals surface area contributed by atoms with Crippen molar-refractivity contribution >= 4 is 45.2 Å². The standard InChI is InChI=1S/C5H6I2N2O/c1-9-5(7)3(10-2)4(6)8-9/h1-2H3. The highest BCUT2D eigenvalue weighted by atomic mass is 127. The lowest BCUT2D eigenvalue weighted by molar-refractivity contribution is 0.408. The van der Waals surface area contributed by atoms with Crippen molar-refractivity contribution in [3.8, 4) is 5.75 Å². The van der Waals surface area contributed by atoms with Crippen molar-refractivity contribution in [2.75, 3.05) is 7.11 Å². The molecule has 1 rings (SSSR count). The van der Waals surface area contributed by atoms with Crippen molar-refractivity contribution in [2.45, 2.75) is 0 Å². The van der Waals surface area contributed by atoms with Crippen molar-refractivity contribution < 1.29 is 4.74 Å². The number of aryl methyl sites for hydroxylation is 1. The van der Waals surface area contributed by atoms with E-state index in [2.05, 4.69) is 50.3 Å². The molecule has 0 aliphatic carbocycles. The van der Waals surface area contributed by atoms with E-state index >= 15 is 0 Å². The van der Waals surface area contributed by atoms with E-state index in [0.717, 1.165) is 13.2 Å². The molecule has 0 aliphatic rings. The summed E-state index contributed by atoms with van der Waals surface area (Å²) >= 11 is 4.34. The highest BCUT2D eigenvalue weighted by Gasteiger charge is 2.10. The molecule has 0 saturated carbocycles. The Morgan fingerprint density at radius 1 is 1.50 bits per heavy atom. The van der Waals surface area contributed by atoms with Gasteiger partial charge in [0.2, 0.25) is 0 Å². The molecule has 0 atom stereocenters. The number of hydrogen-bond donors (Lipinski definition) is 0. The van der Waals surface area contributed by atoms with Gasteiger partial charge in [0.25, 0.3) is 0 Å². The minimum Gasteiger partial charge on any atom is -0.491 e. The van der Waals surface area contributed by atoms with Gasteiger partial charge in [0, 0.05) is 7.05 Å². The molecule has 10 heavy (non-hydrogen) atoms. The number of rotatable bonds is 1. The van der Waals surface area contributed by atoms with Crippen LogP contribution in [0.15, 0.2) is 0 Å². The molecule has 1 aromatic heterocycles. The lowest BCUT2D eigenvalue weighted by atomic mass is 10.7. The lowest BCUT2D eigenvalue weighted by Crippen LogP contribution is -1.92. The molecular weight excluding hydrogens is 358 g/mol. The Morgan fingerprint density at radius 2 is 2.10 bits per heavy atom. The number of hydrogen-bond acceptors (Lipinski definition) is 2. The first kappa shape index (κ1) is 8.57. The van der Waals surface area contributed by atoms with E-state index in [1.54, 1.807) is 11.8 Å². The second-order valence-electron chi connectivity index (χ2n) is 1.74. The smallest absolute Gasteiger partial charge is 0.184 e. The van der Waals surface area contributed by atoms with E-state index in [0.29, 0.717) is 0 Å². The van der Waals surface area contributed by atoms with E-state index in [1.165, 1.54) is 0 Å². The third-order valence-corrected chi connectivity index (χ3v) is 2.99. The van der Waals surface area contributed by atoms with Crippen molar-refractivity contribution in [1.29, 1.82) is 0 Å². The van der Waals surface area contributed by atoms with Gasteiger partial charge < -0.3 is 4.74 Å². The van der Waals surface area contributed by atoms with Crippen molar-refractivity contribution in [2.24, 2.45) is 7.05 Å². The summed E-state index contributed by atoms with van der Waals surface area (Å²) < 4.78 is 8.83. The van der Waals surface area contributed by atoms with Gasteiger partial charge in [-0.05, 0) is 45.2 Å². The SMILES string of the molecule is COc1c(I)nn(C)c1I. The first-order chi connectivity index (χ1) is 4.66. The predicted molar refractivity (Wildman–Crippen MR) is 55.2 cm³/mol. The summed E-state index contributed by atoms with van der Waals surface area (Å²) in [5.74, 6) is 0.865. The summed E-state index contributed by atoms with van der Waals surface area (Å²) in [5.41, 5.74) is 0. The van der Waals surface area contributed by atoms with E-state index in [9.17, 15) is 0 Å². The summed E-state index contributed by atoms with van der Waals surface area (Å²) in [6.07, 6.45) is 0. The van der Waals surface area contributed by atoms with E-state index in [1.807, 2.05) is 7.05 Å². The van der Waals surface area contributed by atoms with Crippen LogP contribution in [0.25, 0.3) is 0 Å². The van der Waals surface area contributed by atoms with E-state index < -0.39 is 0 Å². The molecule has 5 heteroatoms. The summed E-state index contributed by atoms with van der Waals surface area (Å²) in [4.78, 5) is 0. The van der Waals surface area contributed by atoms with Crippen LogP contribution in [0.1, 0.15) is 0 Å². The zero-order chi connectivity index (χ0) is 7.72. The summed E-state index contributed by atoms with van der Waals surface area (Å²) in [7, 11) is 3.55. The predicted octanol–water partition coefficient (Wildman–Crippen LogP) is 1.64. The Balaban J connectivity index is 3.20. The third-order valence-electron chi connectivity index (χ3n) is 1.10. The van der Waals surface area contributed by atoms with Crippen LogP contribution in [0.5, 0.6) is 5.75 Å². The number of nitrogens with zero attached hydrogens (tertiary/aromatic N) is 2. The van der Waals surface area contributed by atoms with Gasteiger partial charge in [0.15, 0.2) is 9.45 Å². The number of halogens is 2. The lowest BCUT2D eigenvalue weighted by Gasteiger charge is -1.94. The Kier molecular flexibility index (Phi) is 2.78. The van der Waals surface area contributed by atoms with Gasteiger partial charge >= 0.3 is 0 Å². The molecule has 0 spiro atoms. The number of ether oxygens (including phenoxy) is 1. The maximum Gasteiger partial charge on any atom is 0.184 e. The molecule has 0 saturated heterocycles. The normalized spacial score (nSPS) is 10.0. The summed E-state index contributed by atoms with van der Waals surface area (Å²) in [6.45, 7) is 0. The molecule has 0 amide bonds. The minimum atomic E-state index is 0.865. The average molecular weight is 364 g/mol. The van der Waals surface area contributed by atoms with Crippen LogP contribution in [0.2, 0.25) is 0 Å². The molecule has 0 unspecified atom stereocenters. The van der Waals surface area contributed by atoms with Gasteiger partial charge in [0.1, 0.15) is 3.70 Å². The molecule has 0 radical (unpaired) electrons. The fourth-order valence-corrected chi connectivity index (χ4v) is 2.52. The largest absolute Gasteiger partial charge is 0.491 e. The van der Waals surface area contributed by atoms with Crippen LogP contribution in [0, 0.1) is 7.40 Å². The van der Waals surface area contributed by atoms with Gasteiger partial charge in [-0.3, -0.25) is 4.68 Å². The van der Waals surface area contributed by atoms with Crippen molar-refractivity contribution in [3.05, 3.63) is 7.40 Å². The van der Waals surface area contributed by atoms with Crippen LogP contribution in [0.4, 0.5) is 0 Å². The average Bonchev–Trinajstić information content (AvgIpc) is 2.09. The summed E-state index contributed by atoms with van der Waals surface area (Å²) in [6, 6.07) is 0. The zero-order valence-corrected chi connectivity index (χ0v) is 9.87. The van der Waals surface area contributed by atoms with E-state index in [4.69, 9.17) is 4.74 Å². The summed E-state index contributed by atoms with van der Waals surface area (Å²) in [5, 5.41) is 4.15. The third kappa shape index (κ3) is 1.39. The second kappa shape index (κ2) is 3.24. The minimum absolute atomic E-state index is 0.865. The van der Waals surface area contributed by atoms with Crippen LogP contribution in [0.3, 0.4) is 0 Å². The maximum atomic E-state index is 5.10. The van der Waals surface area contributed by atoms with Crippen LogP contribution < -0.4 is 4.74 Å². The van der Waals surface area contributed by atoms with Crippen LogP contribution in [-0.2, 0) is 7.05 Å². The zero-order valence-electron chi connectivity index (χ0n) is 5.56. The van der Waals surface area contributed by atoms with Crippen molar-refractivity contribution in [3.63, 3.8) is 0 Å². The van der Waals surface area contributed by atoms with Crippen LogP contribution in [-0.4, -0.2) is 16.9 Å². The molecule has 1 heterocycles. The second-order valence-corrected chi connectivity index (χ2v) is 3.78. The van der Waals surface area contributed by atoms with Crippen LogP contribution >= 0.6 is 45.2 Å². The molecule has 0 N–H and O–H groups in total. The molecule has 0 aromatic carbocycles. The highest BCUT2D eigenvalue weighted by Crippen LogP contribution is 2.25. The van der Waals surface area contributed by atoms with E-state index in [-0.39, 0.29) is 0 Å². The van der Waals surface area contributed by atoms with Gasteiger partial charge in [-0.2, -0.15) is 5.10 Å². The molecule has 56 valence electrons. The monoisotopic (exact) mass is 364 g/mol. The first-order valence-electron chi connectivity index (χ1n) is 2.58. The first-order valence-corrected chi connectivity index (χ1v) is 4.74. The van der Waals surface area contributed by atoms with Gasteiger partial charge in [-0.25, -0.2) is 0 Å². The molecular formula is C5H6I2N2O. The maximum absolute atomic E-state index is 5.10. The van der Waals surface area contributed by atoms with Crippen molar-refractivity contribution in [1.82, 2.24) is 9.78 Å². The van der Waals surface area contributed by atoms with Gasteiger partial charge in [-0.1, -0.05) is 0 Å². The Bertz CT molecular complexity index is 246. The number of methoxy groups -OCH3 is 1. The number of aromatic nitrogens is 2. The Labute approximate surface area is 86.4 Å². The quantitative estimate of drug-likeness (QED) is 0.709. The molecule has 0 bridgehead atoms.